The largest absolute Gasteiger partial charge is 0.416 e. The number of hydrogen-bond donors (Lipinski definition) is 0. The predicted octanol–water partition coefficient (Wildman–Crippen LogP) is 4.92. The second-order valence-electron chi connectivity index (χ2n) is 5.43. The third-order valence-corrected chi connectivity index (χ3v) is 8.58. The third kappa shape index (κ3) is 4.26. The van der Waals surface area contributed by atoms with Crippen molar-refractivity contribution in [3.8, 4) is 0 Å². The molecule has 1 nitrogen and oxygen atoms in total. The highest BCUT2D eigenvalue weighted by atomic mass is 28.4. The first-order chi connectivity index (χ1) is 7.43. The molecule has 2 heteroatoms. The van der Waals surface area contributed by atoms with Crippen molar-refractivity contribution in [1.29, 1.82) is 0 Å². The van der Waals surface area contributed by atoms with Crippen molar-refractivity contribution < 1.29 is 4.43 Å². The van der Waals surface area contributed by atoms with Crippen LogP contribution in [0, 0.1) is 0 Å². The van der Waals surface area contributed by atoms with E-state index in [1.807, 2.05) is 12.2 Å². The summed E-state index contributed by atoms with van der Waals surface area (Å²) < 4.78 is 6.31. The Bertz CT molecular complexity index is 205. The molecule has 0 heterocycles. The van der Waals surface area contributed by atoms with Gasteiger partial charge in [0.05, 0.1) is 0 Å². The Morgan fingerprint density at radius 2 is 1.62 bits per heavy atom. The lowest BCUT2D eigenvalue weighted by Gasteiger charge is -2.41. The summed E-state index contributed by atoms with van der Waals surface area (Å²) in [6, 6.07) is 2.04. The third-order valence-electron chi connectivity index (χ3n) is 3.19. The van der Waals surface area contributed by atoms with Crippen molar-refractivity contribution in [3.05, 3.63) is 25.3 Å². The summed E-state index contributed by atoms with van der Waals surface area (Å²) in [6.45, 7) is 17.7. The molecule has 0 saturated heterocycles. The fourth-order valence-corrected chi connectivity index (χ4v) is 5.44. The Morgan fingerprint density at radius 3 is 1.94 bits per heavy atom. The molecule has 0 saturated carbocycles. The van der Waals surface area contributed by atoms with Gasteiger partial charge in [-0.3, -0.25) is 0 Å². The predicted molar refractivity (Wildman–Crippen MR) is 76.3 cm³/mol. The van der Waals surface area contributed by atoms with E-state index in [2.05, 4.69) is 40.9 Å². The van der Waals surface area contributed by atoms with Gasteiger partial charge >= 0.3 is 0 Å². The lowest BCUT2D eigenvalue weighted by molar-refractivity contribution is 0.275. The quantitative estimate of drug-likeness (QED) is 0.332. The van der Waals surface area contributed by atoms with E-state index in [1.165, 1.54) is 6.42 Å². The van der Waals surface area contributed by atoms with Crippen LogP contribution in [0.15, 0.2) is 25.3 Å². The van der Waals surface area contributed by atoms with Crippen LogP contribution in [0.25, 0.3) is 0 Å². The van der Waals surface area contributed by atoms with Crippen LogP contribution in [0.3, 0.4) is 0 Å². The zero-order valence-electron chi connectivity index (χ0n) is 11.5. The van der Waals surface area contributed by atoms with Crippen LogP contribution < -0.4 is 0 Å². The molecule has 0 amide bonds. The van der Waals surface area contributed by atoms with Crippen molar-refractivity contribution >= 4 is 8.32 Å². The first-order valence-corrected chi connectivity index (χ1v) is 8.61. The maximum Gasteiger partial charge on any atom is 0.205 e. The maximum atomic E-state index is 6.31. The van der Waals surface area contributed by atoms with E-state index in [-0.39, 0.29) is 5.04 Å². The zero-order chi connectivity index (χ0) is 12.7. The second-order valence-corrected chi connectivity index (χ2v) is 10.0. The number of allylic oxidation sites excluding steroid dienone is 2. The Kier molecular flexibility index (Phi) is 6.92. The fourth-order valence-electron chi connectivity index (χ4n) is 1.91. The molecule has 0 unspecified atom stereocenters. The van der Waals surface area contributed by atoms with Crippen molar-refractivity contribution in [3.63, 3.8) is 0 Å². The van der Waals surface area contributed by atoms with Crippen molar-refractivity contribution in [2.45, 2.75) is 57.7 Å². The molecular formula is C14H28OSi. The highest BCUT2D eigenvalue weighted by Gasteiger charge is 2.44. The molecule has 0 aliphatic carbocycles. The lowest BCUT2D eigenvalue weighted by Crippen LogP contribution is -2.46. The smallest absolute Gasteiger partial charge is 0.205 e. The van der Waals surface area contributed by atoms with E-state index >= 15 is 0 Å². The Balaban J connectivity index is 4.78. The van der Waals surface area contributed by atoms with Gasteiger partial charge in [-0.1, -0.05) is 46.3 Å². The van der Waals surface area contributed by atoms with Gasteiger partial charge in [0.2, 0.25) is 8.32 Å². The van der Waals surface area contributed by atoms with Crippen LogP contribution in [-0.2, 0) is 4.43 Å². The van der Waals surface area contributed by atoms with Crippen LogP contribution in [0.5, 0.6) is 0 Å². The molecule has 0 atom stereocenters. The summed E-state index contributed by atoms with van der Waals surface area (Å²) in [4.78, 5) is 0. The maximum absolute atomic E-state index is 6.31. The van der Waals surface area contributed by atoms with Crippen LogP contribution in [0.1, 0.15) is 40.5 Å². The van der Waals surface area contributed by atoms with Gasteiger partial charge in [-0.05, 0) is 23.5 Å². The number of hydrogen-bond acceptors (Lipinski definition) is 1. The highest BCUT2D eigenvalue weighted by Crippen LogP contribution is 2.42. The van der Waals surface area contributed by atoms with Gasteiger partial charge in [0.15, 0.2) is 0 Å². The molecule has 0 aromatic rings. The van der Waals surface area contributed by atoms with Crippen LogP contribution in [0.2, 0.25) is 17.1 Å². The summed E-state index contributed by atoms with van der Waals surface area (Å²) in [5.41, 5.74) is 0. The topological polar surface area (TPSA) is 9.23 Å². The summed E-state index contributed by atoms with van der Waals surface area (Å²) in [5.74, 6) is 0. The molecule has 0 fully saturated rings. The molecule has 0 radical (unpaired) electrons. The Morgan fingerprint density at radius 1 is 1.12 bits per heavy atom. The Labute approximate surface area is 103 Å². The normalized spacial score (nSPS) is 12.5. The fraction of sp³-hybridized carbons (Fsp3) is 0.714. The van der Waals surface area contributed by atoms with Gasteiger partial charge in [-0.15, -0.1) is 13.2 Å². The summed E-state index contributed by atoms with van der Waals surface area (Å²) >= 11 is 0. The van der Waals surface area contributed by atoms with Crippen LogP contribution in [-0.4, -0.2) is 14.9 Å². The summed E-state index contributed by atoms with van der Waals surface area (Å²) in [7, 11) is -1.77. The van der Waals surface area contributed by atoms with E-state index in [9.17, 15) is 0 Å². The van der Waals surface area contributed by atoms with Crippen molar-refractivity contribution in [2.24, 2.45) is 0 Å². The van der Waals surface area contributed by atoms with Crippen LogP contribution in [0.4, 0.5) is 0 Å². The molecular weight excluding hydrogens is 212 g/mol. The molecule has 0 spiro atoms. The molecule has 0 rings (SSSR count). The molecule has 16 heavy (non-hydrogen) atoms. The summed E-state index contributed by atoms with van der Waals surface area (Å²) in [5, 5.41) is 0.239. The number of rotatable bonds is 8. The monoisotopic (exact) mass is 240 g/mol. The minimum atomic E-state index is -1.77. The zero-order valence-corrected chi connectivity index (χ0v) is 12.5. The second kappa shape index (κ2) is 7.07. The highest BCUT2D eigenvalue weighted by molar-refractivity contribution is 6.77. The first kappa shape index (κ1) is 15.7. The average molecular weight is 240 g/mol. The molecule has 0 aliphatic rings. The minimum Gasteiger partial charge on any atom is -0.416 e. The molecule has 0 N–H and O–H groups in total. The van der Waals surface area contributed by atoms with Crippen molar-refractivity contribution in [1.82, 2.24) is 0 Å². The minimum absolute atomic E-state index is 0.239. The van der Waals surface area contributed by atoms with Gasteiger partial charge in [0.25, 0.3) is 0 Å². The molecule has 0 aromatic carbocycles. The molecule has 0 bridgehead atoms. The lowest BCUT2D eigenvalue weighted by atomic mass is 10.2. The van der Waals surface area contributed by atoms with E-state index in [0.717, 1.165) is 25.1 Å². The van der Waals surface area contributed by atoms with Gasteiger partial charge in [-0.2, -0.15) is 0 Å². The van der Waals surface area contributed by atoms with Crippen LogP contribution >= 0.6 is 0 Å². The van der Waals surface area contributed by atoms with Crippen molar-refractivity contribution in [2.75, 3.05) is 6.61 Å². The van der Waals surface area contributed by atoms with Gasteiger partial charge in [0.1, 0.15) is 0 Å². The van der Waals surface area contributed by atoms with E-state index in [1.54, 1.807) is 0 Å². The Hall–Kier alpha value is -0.343. The average Bonchev–Trinajstić information content (AvgIpc) is 2.17. The molecule has 0 aliphatic heterocycles. The number of unbranched alkanes of at least 4 members (excludes halogenated alkanes) is 1. The SMILES string of the molecule is C=CC[Si](CC=C)(OCCCC)C(C)(C)C. The van der Waals surface area contributed by atoms with E-state index < -0.39 is 8.32 Å². The molecule has 0 aromatic heterocycles. The van der Waals surface area contributed by atoms with E-state index in [4.69, 9.17) is 4.43 Å². The first-order valence-electron chi connectivity index (χ1n) is 6.29. The van der Waals surface area contributed by atoms with Gasteiger partial charge < -0.3 is 4.43 Å². The van der Waals surface area contributed by atoms with E-state index in [0.29, 0.717) is 0 Å². The standard InChI is InChI=1S/C14H28OSi/c1-7-10-11-15-16(12-8-2,13-9-3)14(4,5)6/h8-9H,2-3,7,10-13H2,1,4-6H3. The van der Waals surface area contributed by atoms with Gasteiger partial charge in [0, 0.05) is 6.61 Å². The molecule has 94 valence electrons. The summed E-state index contributed by atoms with van der Waals surface area (Å²) in [6.07, 6.45) is 6.38. The van der Waals surface area contributed by atoms with Gasteiger partial charge in [-0.25, -0.2) is 0 Å².